The zero-order valence-electron chi connectivity index (χ0n) is 6.57. The molecule has 0 fully saturated rings. The molecule has 1 aromatic rings. The second kappa shape index (κ2) is 4.19. The van der Waals surface area contributed by atoms with Gasteiger partial charge in [-0.2, -0.15) is 13.2 Å². The second-order valence-electron chi connectivity index (χ2n) is 2.35. The van der Waals surface area contributed by atoms with Crippen LogP contribution in [-0.4, -0.2) is 11.2 Å². The molecule has 6 heteroatoms. The van der Waals surface area contributed by atoms with E-state index in [0.717, 1.165) is 6.08 Å². The van der Waals surface area contributed by atoms with Gasteiger partial charge in [0.05, 0.1) is 5.02 Å². The van der Waals surface area contributed by atoms with Gasteiger partial charge in [-0.25, -0.2) is 0 Å². The summed E-state index contributed by atoms with van der Waals surface area (Å²) in [5.41, 5.74) is 0.177. The smallest absolute Gasteiger partial charge is 0.252 e. The van der Waals surface area contributed by atoms with E-state index in [-0.39, 0.29) is 10.6 Å². The molecule has 0 aliphatic carbocycles. The SMILES string of the molecule is FC(F)(F)/C(Cl)=C/c1cn[c]c(Cl)c1. The highest BCUT2D eigenvalue weighted by Crippen LogP contribution is 2.30. The number of rotatable bonds is 1. The van der Waals surface area contributed by atoms with Gasteiger partial charge >= 0.3 is 6.18 Å². The standard InChI is InChI=1S/C8H3Cl2F3N/c9-6-1-5(3-14-4-6)2-7(10)8(11,12)13/h1-3H/b7-2-. The van der Waals surface area contributed by atoms with Crippen LogP contribution >= 0.6 is 23.2 Å². The molecule has 0 N–H and O–H groups in total. The van der Waals surface area contributed by atoms with Crippen molar-refractivity contribution in [1.29, 1.82) is 0 Å². The van der Waals surface area contributed by atoms with Crippen LogP contribution in [0.25, 0.3) is 6.08 Å². The highest BCUT2D eigenvalue weighted by molar-refractivity contribution is 6.32. The first-order valence-corrected chi connectivity index (χ1v) is 4.13. The highest BCUT2D eigenvalue weighted by atomic mass is 35.5. The van der Waals surface area contributed by atoms with Gasteiger partial charge in [0.1, 0.15) is 11.2 Å². The lowest BCUT2D eigenvalue weighted by atomic mass is 10.2. The minimum atomic E-state index is -4.55. The average Bonchev–Trinajstić information content (AvgIpc) is 2.02. The maximum absolute atomic E-state index is 12.0. The molecular weight excluding hydrogens is 238 g/mol. The van der Waals surface area contributed by atoms with Gasteiger partial charge in [-0.15, -0.1) is 0 Å². The van der Waals surface area contributed by atoms with Gasteiger partial charge in [-0.1, -0.05) is 23.2 Å². The van der Waals surface area contributed by atoms with Crippen molar-refractivity contribution in [2.45, 2.75) is 6.18 Å². The lowest BCUT2D eigenvalue weighted by Gasteiger charge is -2.03. The fraction of sp³-hybridized carbons (Fsp3) is 0.125. The molecule has 1 radical (unpaired) electrons. The molecule has 0 amide bonds. The van der Waals surface area contributed by atoms with Gasteiger partial charge in [0.15, 0.2) is 0 Å². The van der Waals surface area contributed by atoms with Gasteiger partial charge in [0.25, 0.3) is 0 Å². The van der Waals surface area contributed by atoms with Crippen LogP contribution < -0.4 is 0 Å². The first-order valence-electron chi connectivity index (χ1n) is 3.37. The van der Waals surface area contributed by atoms with E-state index in [4.69, 9.17) is 23.2 Å². The van der Waals surface area contributed by atoms with E-state index in [1.807, 2.05) is 0 Å². The first kappa shape index (κ1) is 11.3. The third-order valence-electron chi connectivity index (χ3n) is 1.24. The molecule has 0 aliphatic rings. The van der Waals surface area contributed by atoms with Crippen molar-refractivity contribution >= 4 is 29.3 Å². The molecule has 1 heterocycles. The van der Waals surface area contributed by atoms with Gasteiger partial charge in [-0.05, 0) is 17.7 Å². The Bertz CT molecular complexity index is 360. The van der Waals surface area contributed by atoms with Crippen LogP contribution in [-0.2, 0) is 0 Å². The summed E-state index contributed by atoms with van der Waals surface area (Å²) in [6.07, 6.45) is -0.278. The van der Waals surface area contributed by atoms with E-state index in [9.17, 15) is 13.2 Å². The third-order valence-corrected chi connectivity index (χ3v) is 1.76. The molecule has 0 saturated heterocycles. The van der Waals surface area contributed by atoms with Crippen molar-refractivity contribution in [2.75, 3.05) is 0 Å². The summed E-state index contributed by atoms with van der Waals surface area (Å²) in [7, 11) is 0. The van der Waals surface area contributed by atoms with Crippen LogP contribution in [0.3, 0.4) is 0 Å². The average molecular weight is 241 g/mol. The number of aromatic nitrogens is 1. The Hall–Kier alpha value is -0.740. The second-order valence-corrected chi connectivity index (χ2v) is 3.17. The Kier molecular flexibility index (Phi) is 3.39. The van der Waals surface area contributed by atoms with Crippen molar-refractivity contribution in [1.82, 2.24) is 4.98 Å². The summed E-state index contributed by atoms with van der Waals surface area (Å²) < 4.78 is 35.9. The molecule has 0 aliphatic heterocycles. The van der Waals surface area contributed by atoms with Crippen molar-refractivity contribution in [3.8, 4) is 0 Å². The minimum absolute atomic E-state index is 0.130. The van der Waals surface area contributed by atoms with Crippen molar-refractivity contribution in [3.63, 3.8) is 0 Å². The molecule has 0 saturated carbocycles. The van der Waals surface area contributed by atoms with Crippen molar-refractivity contribution in [3.05, 3.63) is 34.1 Å². The van der Waals surface area contributed by atoms with Gasteiger partial charge in [0.2, 0.25) is 0 Å². The maximum Gasteiger partial charge on any atom is 0.426 e. The summed E-state index contributed by atoms with van der Waals surface area (Å²) in [5, 5.41) is -1.09. The molecule has 14 heavy (non-hydrogen) atoms. The number of pyridine rings is 1. The summed E-state index contributed by atoms with van der Waals surface area (Å²) in [4.78, 5) is 3.49. The molecule has 0 spiro atoms. The lowest BCUT2D eigenvalue weighted by Crippen LogP contribution is -2.06. The van der Waals surface area contributed by atoms with Crippen LogP contribution in [0.4, 0.5) is 13.2 Å². The summed E-state index contributed by atoms with van der Waals surface area (Å²) in [5.74, 6) is 0. The largest absolute Gasteiger partial charge is 0.426 e. The Morgan fingerprint density at radius 3 is 2.64 bits per heavy atom. The number of hydrogen-bond donors (Lipinski definition) is 0. The van der Waals surface area contributed by atoms with E-state index >= 15 is 0 Å². The fourth-order valence-electron chi connectivity index (χ4n) is 0.691. The molecule has 0 bridgehead atoms. The van der Waals surface area contributed by atoms with Crippen LogP contribution in [0.15, 0.2) is 17.3 Å². The minimum Gasteiger partial charge on any atom is -0.252 e. The van der Waals surface area contributed by atoms with Crippen LogP contribution in [0.2, 0.25) is 5.02 Å². The van der Waals surface area contributed by atoms with Crippen LogP contribution in [0, 0.1) is 6.20 Å². The molecule has 75 valence electrons. The topological polar surface area (TPSA) is 12.9 Å². The van der Waals surface area contributed by atoms with Gasteiger partial charge < -0.3 is 0 Å². The lowest BCUT2D eigenvalue weighted by molar-refractivity contribution is -0.0836. The number of nitrogens with zero attached hydrogens (tertiary/aromatic N) is 1. The Labute approximate surface area is 88.2 Å². The quantitative estimate of drug-likeness (QED) is 0.730. The van der Waals surface area contributed by atoms with Crippen molar-refractivity contribution in [2.24, 2.45) is 0 Å². The summed E-state index contributed by atoms with van der Waals surface area (Å²) in [6.45, 7) is 0. The van der Waals surface area contributed by atoms with E-state index in [0.29, 0.717) is 0 Å². The Balaban J connectivity index is 2.98. The maximum atomic E-state index is 12.0. The van der Waals surface area contributed by atoms with E-state index in [1.165, 1.54) is 12.3 Å². The molecule has 1 nitrogen and oxygen atoms in total. The van der Waals surface area contributed by atoms with Gasteiger partial charge in [-0.3, -0.25) is 4.98 Å². The number of hydrogen-bond acceptors (Lipinski definition) is 1. The van der Waals surface area contributed by atoms with E-state index in [1.54, 1.807) is 0 Å². The normalized spacial score (nSPS) is 13.1. The molecule has 1 rings (SSSR count). The monoisotopic (exact) mass is 240 g/mol. The highest BCUT2D eigenvalue weighted by Gasteiger charge is 2.32. The molecule has 0 unspecified atom stereocenters. The molecule has 0 aromatic carbocycles. The zero-order chi connectivity index (χ0) is 10.8. The molecular formula is C8H3Cl2F3N. The molecule has 1 aromatic heterocycles. The van der Waals surface area contributed by atoms with E-state index < -0.39 is 11.2 Å². The van der Waals surface area contributed by atoms with E-state index in [2.05, 4.69) is 11.2 Å². The van der Waals surface area contributed by atoms with Crippen LogP contribution in [0.1, 0.15) is 5.56 Å². The number of halogens is 5. The van der Waals surface area contributed by atoms with Crippen LogP contribution in [0.5, 0.6) is 0 Å². The predicted octanol–water partition coefficient (Wildman–Crippen LogP) is 3.68. The first-order chi connectivity index (χ1) is 6.39. The number of alkyl halides is 3. The predicted molar refractivity (Wildman–Crippen MR) is 48.0 cm³/mol. The zero-order valence-corrected chi connectivity index (χ0v) is 8.08. The molecule has 0 atom stereocenters. The summed E-state index contributed by atoms with van der Waals surface area (Å²) >= 11 is 10.5. The van der Waals surface area contributed by atoms with Gasteiger partial charge in [0, 0.05) is 6.20 Å². The fourth-order valence-corrected chi connectivity index (χ4v) is 0.992. The third kappa shape index (κ3) is 3.20. The summed E-state index contributed by atoms with van der Waals surface area (Å²) in [6, 6.07) is 1.28. The number of allylic oxidation sites excluding steroid dienone is 1. The van der Waals surface area contributed by atoms with Crippen molar-refractivity contribution < 1.29 is 13.2 Å². The Morgan fingerprint density at radius 1 is 1.50 bits per heavy atom. The Morgan fingerprint density at radius 2 is 2.14 bits per heavy atom.